The van der Waals surface area contributed by atoms with Crippen LogP contribution in [0.3, 0.4) is 0 Å². The van der Waals surface area contributed by atoms with Crippen LogP contribution in [0.4, 0.5) is 0 Å². The fraction of sp³-hybridized carbons (Fsp3) is 1.00. The van der Waals surface area contributed by atoms with Gasteiger partial charge in [0, 0.05) is 6.04 Å². The highest BCUT2D eigenvalue weighted by atomic mass is 32.2. The van der Waals surface area contributed by atoms with Crippen molar-refractivity contribution in [1.82, 2.24) is 5.43 Å². The van der Waals surface area contributed by atoms with Crippen molar-refractivity contribution in [1.29, 1.82) is 0 Å². The summed E-state index contributed by atoms with van der Waals surface area (Å²) >= 11 is 2.11. The average molecular weight is 228 g/mol. The van der Waals surface area contributed by atoms with Crippen LogP contribution in [0, 0.1) is 11.8 Å². The molecule has 1 saturated heterocycles. The van der Waals surface area contributed by atoms with Crippen molar-refractivity contribution in [3.05, 3.63) is 0 Å². The highest BCUT2D eigenvalue weighted by Crippen LogP contribution is 2.35. The number of thioether (sulfide) groups is 1. The van der Waals surface area contributed by atoms with Gasteiger partial charge in [-0.15, -0.1) is 0 Å². The van der Waals surface area contributed by atoms with Gasteiger partial charge in [-0.3, -0.25) is 11.3 Å². The molecule has 0 amide bonds. The number of hydrogen-bond donors (Lipinski definition) is 2. The smallest absolute Gasteiger partial charge is 0.0213 e. The maximum Gasteiger partial charge on any atom is 0.0213 e. The zero-order valence-electron chi connectivity index (χ0n) is 9.58. The quantitative estimate of drug-likeness (QED) is 0.542. The molecule has 0 aromatic heterocycles. The lowest BCUT2D eigenvalue weighted by Gasteiger charge is -2.26. The van der Waals surface area contributed by atoms with E-state index in [0.29, 0.717) is 6.04 Å². The summed E-state index contributed by atoms with van der Waals surface area (Å²) in [7, 11) is 0. The normalized spacial score (nSPS) is 25.4. The molecule has 0 aromatic carbocycles. The first-order valence-electron chi connectivity index (χ1n) is 6.42. The van der Waals surface area contributed by atoms with E-state index in [1.165, 1.54) is 56.5 Å². The molecule has 0 bridgehead atoms. The van der Waals surface area contributed by atoms with Gasteiger partial charge in [0.25, 0.3) is 0 Å². The Hall–Kier alpha value is 0.270. The van der Waals surface area contributed by atoms with E-state index in [9.17, 15) is 0 Å². The molecule has 1 aliphatic heterocycles. The number of rotatable bonds is 6. The average Bonchev–Trinajstić information content (AvgIpc) is 3.09. The van der Waals surface area contributed by atoms with E-state index >= 15 is 0 Å². The summed E-state index contributed by atoms with van der Waals surface area (Å²) in [5, 5.41) is 0. The molecule has 2 aliphatic rings. The second-order valence-electron chi connectivity index (χ2n) is 5.18. The van der Waals surface area contributed by atoms with Crippen molar-refractivity contribution < 1.29 is 0 Å². The minimum Gasteiger partial charge on any atom is -0.271 e. The van der Waals surface area contributed by atoms with Crippen molar-refractivity contribution >= 4 is 11.8 Å². The monoisotopic (exact) mass is 228 g/mol. The number of hydrogen-bond acceptors (Lipinski definition) is 3. The van der Waals surface area contributed by atoms with Gasteiger partial charge in [-0.1, -0.05) is 12.8 Å². The standard InChI is InChI=1S/C12H24N2S/c13-14-12(4-3-10-1-2-10)9-11-5-7-15-8-6-11/h10-12,14H,1-9,13H2. The fourth-order valence-corrected chi connectivity index (χ4v) is 3.70. The highest BCUT2D eigenvalue weighted by molar-refractivity contribution is 7.99. The molecule has 0 radical (unpaired) electrons. The number of nitrogens with two attached hydrogens (primary N) is 1. The molecule has 2 fully saturated rings. The Morgan fingerprint density at radius 2 is 1.87 bits per heavy atom. The molecule has 2 nitrogen and oxygen atoms in total. The first-order valence-corrected chi connectivity index (χ1v) is 7.58. The predicted molar refractivity (Wildman–Crippen MR) is 67.7 cm³/mol. The first-order chi connectivity index (χ1) is 7.38. The summed E-state index contributed by atoms with van der Waals surface area (Å²) < 4.78 is 0. The zero-order chi connectivity index (χ0) is 10.5. The maximum atomic E-state index is 5.64. The van der Waals surface area contributed by atoms with Crippen LogP contribution in [-0.4, -0.2) is 17.5 Å². The van der Waals surface area contributed by atoms with E-state index in [4.69, 9.17) is 5.84 Å². The Labute approximate surface area is 97.7 Å². The Bertz CT molecular complexity index is 176. The Morgan fingerprint density at radius 3 is 2.47 bits per heavy atom. The molecular formula is C12H24N2S. The molecule has 1 atom stereocenters. The van der Waals surface area contributed by atoms with Crippen LogP contribution in [0.2, 0.25) is 0 Å². The van der Waals surface area contributed by atoms with E-state index in [2.05, 4.69) is 17.2 Å². The van der Waals surface area contributed by atoms with E-state index in [1.807, 2.05) is 0 Å². The van der Waals surface area contributed by atoms with Crippen LogP contribution in [0.1, 0.15) is 44.9 Å². The fourth-order valence-electron chi connectivity index (χ4n) is 2.50. The summed E-state index contributed by atoms with van der Waals surface area (Å²) in [6, 6.07) is 0.582. The van der Waals surface area contributed by atoms with Gasteiger partial charge in [0.15, 0.2) is 0 Å². The van der Waals surface area contributed by atoms with Crippen LogP contribution in [-0.2, 0) is 0 Å². The van der Waals surface area contributed by atoms with Crippen LogP contribution in [0.5, 0.6) is 0 Å². The van der Waals surface area contributed by atoms with E-state index in [1.54, 1.807) is 0 Å². The SMILES string of the molecule is NNC(CCC1CC1)CC1CCSCC1. The van der Waals surface area contributed by atoms with Gasteiger partial charge >= 0.3 is 0 Å². The predicted octanol–water partition coefficient (Wildman–Crippen LogP) is 2.54. The summed E-state index contributed by atoms with van der Waals surface area (Å²) in [6.07, 6.45) is 9.76. The second-order valence-corrected chi connectivity index (χ2v) is 6.40. The number of hydrazine groups is 1. The van der Waals surface area contributed by atoms with Gasteiger partial charge < -0.3 is 0 Å². The van der Waals surface area contributed by atoms with Crippen molar-refractivity contribution in [2.75, 3.05) is 11.5 Å². The highest BCUT2D eigenvalue weighted by Gasteiger charge is 2.24. The molecule has 2 rings (SSSR count). The Balaban J connectivity index is 1.63. The number of nitrogens with one attached hydrogen (secondary N) is 1. The van der Waals surface area contributed by atoms with Crippen molar-refractivity contribution in [2.24, 2.45) is 17.7 Å². The molecule has 1 aliphatic carbocycles. The third kappa shape index (κ3) is 4.33. The molecule has 88 valence electrons. The lowest BCUT2D eigenvalue weighted by Crippen LogP contribution is -2.37. The van der Waals surface area contributed by atoms with Crippen molar-refractivity contribution in [3.8, 4) is 0 Å². The van der Waals surface area contributed by atoms with E-state index in [-0.39, 0.29) is 0 Å². The molecule has 1 unspecified atom stereocenters. The van der Waals surface area contributed by atoms with Crippen LogP contribution in [0.15, 0.2) is 0 Å². The van der Waals surface area contributed by atoms with Gasteiger partial charge in [0.1, 0.15) is 0 Å². The van der Waals surface area contributed by atoms with Gasteiger partial charge in [-0.2, -0.15) is 11.8 Å². The van der Waals surface area contributed by atoms with E-state index < -0.39 is 0 Å². The Kier molecular flexibility index (Phi) is 4.79. The maximum absolute atomic E-state index is 5.64. The molecule has 3 heteroatoms. The van der Waals surface area contributed by atoms with Crippen LogP contribution < -0.4 is 11.3 Å². The molecular weight excluding hydrogens is 204 g/mol. The summed E-state index contributed by atoms with van der Waals surface area (Å²) in [4.78, 5) is 0. The lowest BCUT2D eigenvalue weighted by atomic mass is 9.92. The molecule has 0 spiro atoms. The topological polar surface area (TPSA) is 38.0 Å². The molecule has 3 N–H and O–H groups in total. The first kappa shape index (κ1) is 11.7. The van der Waals surface area contributed by atoms with Crippen molar-refractivity contribution in [2.45, 2.75) is 51.0 Å². The third-order valence-corrected chi connectivity index (χ3v) is 4.86. The third-order valence-electron chi connectivity index (χ3n) is 3.81. The molecule has 1 saturated carbocycles. The summed E-state index contributed by atoms with van der Waals surface area (Å²) in [5.41, 5.74) is 3.03. The second kappa shape index (κ2) is 6.12. The van der Waals surface area contributed by atoms with Gasteiger partial charge in [0.05, 0.1) is 0 Å². The van der Waals surface area contributed by atoms with Crippen molar-refractivity contribution in [3.63, 3.8) is 0 Å². The molecule has 15 heavy (non-hydrogen) atoms. The van der Waals surface area contributed by atoms with Crippen LogP contribution >= 0.6 is 11.8 Å². The van der Waals surface area contributed by atoms with Gasteiger partial charge in [-0.05, 0) is 55.4 Å². The van der Waals surface area contributed by atoms with Gasteiger partial charge in [-0.25, -0.2) is 0 Å². The lowest BCUT2D eigenvalue weighted by molar-refractivity contribution is 0.345. The zero-order valence-corrected chi connectivity index (χ0v) is 10.4. The Morgan fingerprint density at radius 1 is 1.13 bits per heavy atom. The summed E-state index contributed by atoms with van der Waals surface area (Å²) in [6.45, 7) is 0. The minimum atomic E-state index is 0.582. The minimum absolute atomic E-state index is 0.582. The largest absolute Gasteiger partial charge is 0.271 e. The molecule has 1 heterocycles. The van der Waals surface area contributed by atoms with Gasteiger partial charge in [0.2, 0.25) is 0 Å². The van der Waals surface area contributed by atoms with E-state index in [0.717, 1.165) is 11.8 Å². The summed E-state index contributed by atoms with van der Waals surface area (Å²) in [5.74, 6) is 10.4. The van der Waals surface area contributed by atoms with Crippen LogP contribution in [0.25, 0.3) is 0 Å². The molecule has 0 aromatic rings.